The molecule has 7 heteroatoms. The monoisotopic (exact) mass is 304 g/mol. The number of nitrogens with two attached hydrogens (primary N) is 1. The summed E-state index contributed by atoms with van der Waals surface area (Å²) in [5.74, 6) is 0.947. The van der Waals surface area contributed by atoms with Crippen LogP contribution in [0.3, 0.4) is 0 Å². The average Bonchev–Trinajstić information content (AvgIpc) is 3.05. The Balaban J connectivity index is 2.01. The first-order valence-corrected chi connectivity index (χ1v) is 7.32. The molecule has 110 valence electrons. The van der Waals surface area contributed by atoms with E-state index in [9.17, 15) is 0 Å². The van der Waals surface area contributed by atoms with Crippen molar-refractivity contribution in [3.63, 3.8) is 0 Å². The third kappa shape index (κ3) is 2.77. The summed E-state index contributed by atoms with van der Waals surface area (Å²) in [6.45, 7) is 4.01. The molecule has 2 aromatic heterocycles. The summed E-state index contributed by atoms with van der Waals surface area (Å²) < 4.78 is 3.96. The number of nitrogens with zero attached hydrogens (tertiary/aromatic N) is 5. The molecule has 2 N–H and O–H groups in total. The van der Waals surface area contributed by atoms with Crippen LogP contribution in [0.5, 0.6) is 0 Å². The average molecular weight is 305 g/mol. The van der Waals surface area contributed by atoms with Gasteiger partial charge in [0.1, 0.15) is 12.4 Å². The maximum absolute atomic E-state index is 6.05. The van der Waals surface area contributed by atoms with E-state index >= 15 is 0 Å². The molecule has 0 aliphatic carbocycles. The minimum Gasteiger partial charge on any atom is -0.326 e. The van der Waals surface area contributed by atoms with Gasteiger partial charge in [0.15, 0.2) is 0 Å². The van der Waals surface area contributed by atoms with Gasteiger partial charge in [0.05, 0.1) is 22.9 Å². The van der Waals surface area contributed by atoms with Crippen LogP contribution in [-0.2, 0) is 19.6 Å². The minimum absolute atomic E-state index is 0.390. The van der Waals surface area contributed by atoms with Crippen LogP contribution in [0.25, 0.3) is 11.0 Å². The highest BCUT2D eigenvalue weighted by atomic mass is 35.5. The zero-order chi connectivity index (χ0) is 14.8. The van der Waals surface area contributed by atoms with Crippen LogP contribution >= 0.6 is 11.6 Å². The SMILES string of the molecule is CCCn1c(Cn2cc(CN)nn2)nc2cc(Cl)ccc21. The summed E-state index contributed by atoms with van der Waals surface area (Å²) in [7, 11) is 0. The van der Waals surface area contributed by atoms with Crippen LogP contribution in [0.1, 0.15) is 24.9 Å². The maximum atomic E-state index is 6.05. The van der Waals surface area contributed by atoms with Gasteiger partial charge in [-0.2, -0.15) is 0 Å². The molecule has 0 amide bonds. The molecule has 1 aromatic carbocycles. The highest BCUT2D eigenvalue weighted by molar-refractivity contribution is 6.31. The van der Waals surface area contributed by atoms with E-state index in [2.05, 4.69) is 26.8 Å². The topological polar surface area (TPSA) is 74.5 Å². The van der Waals surface area contributed by atoms with Crippen molar-refractivity contribution in [2.45, 2.75) is 33.0 Å². The first kappa shape index (κ1) is 14.0. The third-order valence-corrected chi connectivity index (χ3v) is 3.57. The van der Waals surface area contributed by atoms with Gasteiger partial charge >= 0.3 is 0 Å². The lowest BCUT2D eigenvalue weighted by Crippen LogP contribution is -2.09. The van der Waals surface area contributed by atoms with Gasteiger partial charge in [0.25, 0.3) is 0 Å². The standard InChI is InChI=1S/C14H17ClN6/c1-2-5-21-13-4-3-10(15)6-12(13)17-14(21)9-20-8-11(7-16)18-19-20/h3-4,6,8H,2,5,7,9,16H2,1H3. The molecule has 0 saturated carbocycles. The second-order valence-electron chi connectivity index (χ2n) is 4.92. The molecular formula is C14H17ClN6. The fourth-order valence-electron chi connectivity index (χ4n) is 2.40. The Hall–Kier alpha value is -1.92. The predicted molar refractivity (Wildman–Crippen MR) is 82.0 cm³/mol. The van der Waals surface area contributed by atoms with Gasteiger partial charge in [-0.3, -0.25) is 0 Å². The summed E-state index contributed by atoms with van der Waals surface area (Å²) in [4.78, 5) is 4.68. The number of hydrogen-bond acceptors (Lipinski definition) is 4. The molecule has 0 aliphatic heterocycles. The smallest absolute Gasteiger partial charge is 0.131 e. The lowest BCUT2D eigenvalue weighted by atomic mass is 10.3. The number of fused-ring (bicyclic) bond motifs is 1. The molecule has 0 spiro atoms. The van der Waals surface area contributed by atoms with Gasteiger partial charge in [-0.25, -0.2) is 9.67 Å². The van der Waals surface area contributed by atoms with Crippen LogP contribution in [0.15, 0.2) is 24.4 Å². The first-order valence-electron chi connectivity index (χ1n) is 6.95. The Morgan fingerprint density at radius 2 is 2.19 bits per heavy atom. The van der Waals surface area contributed by atoms with Crippen molar-refractivity contribution < 1.29 is 0 Å². The van der Waals surface area contributed by atoms with E-state index in [0.29, 0.717) is 18.1 Å². The Morgan fingerprint density at radius 3 is 2.90 bits per heavy atom. The Kier molecular flexibility index (Phi) is 3.90. The van der Waals surface area contributed by atoms with Crippen LogP contribution in [0, 0.1) is 0 Å². The molecule has 0 radical (unpaired) electrons. The molecule has 2 heterocycles. The van der Waals surface area contributed by atoms with Crippen molar-refractivity contribution in [2.75, 3.05) is 0 Å². The highest BCUT2D eigenvalue weighted by Crippen LogP contribution is 2.21. The van der Waals surface area contributed by atoms with Crippen molar-refractivity contribution in [3.8, 4) is 0 Å². The zero-order valence-electron chi connectivity index (χ0n) is 11.8. The quantitative estimate of drug-likeness (QED) is 0.784. The second-order valence-corrected chi connectivity index (χ2v) is 5.36. The van der Waals surface area contributed by atoms with Crippen molar-refractivity contribution in [1.29, 1.82) is 0 Å². The van der Waals surface area contributed by atoms with E-state index < -0.39 is 0 Å². The molecule has 6 nitrogen and oxygen atoms in total. The molecule has 0 unspecified atom stereocenters. The van der Waals surface area contributed by atoms with Crippen molar-refractivity contribution in [3.05, 3.63) is 40.9 Å². The van der Waals surface area contributed by atoms with Crippen LogP contribution < -0.4 is 5.73 Å². The second kappa shape index (κ2) is 5.83. The highest BCUT2D eigenvalue weighted by Gasteiger charge is 2.12. The Labute approximate surface area is 127 Å². The number of halogens is 1. The summed E-state index contributed by atoms with van der Waals surface area (Å²) in [6, 6.07) is 5.79. The summed E-state index contributed by atoms with van der Waals surface area (Å²) in [5.41, 5.74) is 8.34. The molecule has 3 aromatic rings. The lowest BCUT2D eigenvalue weighted by molar-refractivity contribution is 0.578. The predicted octanol–water partition coefficient (Wildman–Crippen LogP) is 2.20. The largest absolute Gasteiger partial charge is 0.326 e. The van der Waals surface area contributed by atoms with Gasteiger partial charge in [-0.15, -0.1) is 5.10 Å². The number of imidazole rings is 1. The molecule has 0 saturated heterocycles. The number of benzene rings is 1. The van der Waals surface area contributed by atoms with Gasteiger partial charge in [-0.05, 0) is 24.6 Å². The summed E-state index contributed by atoms with van der Waals surface area (Å²) in [6.07, 6.45) is 2.88. The number of aromatic nitrogens is 5. The van der Waals surface area contributed by atoms with Crippen molar-refractivity contribution >= 4 is 22.6 Å². The van der Waals surface area contributed by atoms with Crippen molar-refractivity contribution in [2.24, 2.45) is 5.73 Å². The van der Waals surface area contributed by atoms with Crippen molar-refractivity contribution in [1.82, 2.24) is 24.5 Å². The fraction of sp³-hybridized carbons (Fsp3) is 0.357. The zero-order valence-corrected chi connectivity index (χ0v) is 12.6. The minimum atomic E-state index is 0.390. The van der Waals surface area contributed by atoms with E-state index in [1.807, 2.05) is 24.4 Å². The van der Waals surface area contributed by atoms with E-state index in [4.69, 9.17) is 17.3 Å². The van der Waals surface area contributed by atoms with Gasteiger partial charge < -0.3 is 10.3 Å². The maximum Gasteiger partial charge on any atom is 0.131 e. The number of rotatable bonds is 5. The first-order chi connectivity index (χ1) is 10.2. The molecular weight excluding hydrogens is 288 g/mol. The number of aryl methyl sites for hydroxylation is 1. The third-order valence-electron chi connectivity index (χ3n) is 3.34. The fourth-order valence-corrected chi connectivity index (χ4v) is 2.57. The molecule has 21 heavy (non-hydrogen) atoms. The summed E-state index contributed by atoms with van der Waals surface area (Å²) in [5, 5.41) is 8.78. The van der Waals surface area contributed by atoms with Crippen LogP contribution in [0.2, 0.25) is 5.02 Å². The van der Waals surface area contributed by atoms with Gasteiger partial charge in [-0.1, -0.05) is 23.7 Å². The molecule has 0 bridgehead atoms. The van der Waals surface area contributed by atoms with Crippen LogP contribution in [0.4, 0.5) is 0 Å². The van der Waals surface area contributed by atoms with E-state index in [0.717, 1.165) is 35.5 Å². The van der Waals surface area contributed by atoms with Gasteiger partial charge in [0, 0.05) is 18.1 Å². The number of hydrogen-bond donors (Lipinski definition) is 1. The Bertz CT molecular complexity index is 760. The molecule has 0 aliphatic rings. The molecule has 0 fully saturated rings. The summed E-state index contributed by atoms with van der Waals surface area (Å²) >= 11 is 6.05. The van der Waals surface area contributed by atoms with Gasteiger partial charge in [0.2, 0.25) is 0 Å². The Morgan fingerprint density at radius 1 is 1.33 bits per heavy atom. The molecule has 3 rings (SSSR count). The normalized spacial score (nSPS) is 11.4. The van der Waals surface area contributed by atoms with E-state index in [1.165, 1.54) is 0 Å². The van der Waals surface area contributed by atoms with E-state index in [1.54, 1.807) is 4.68 Å². The van der Waals surface area contributed by atoms with Crippen LogP contribution in [-0.4, -0.2) is 24.5 Å². The molecule has 0 atom stereocenters. The lowest BCUT2D eigenvalue weighted by Gasteiger charge is -2.07. The van der Waals surface area contributed by atoms with E-state index in [-0.39, 0.29) is 0 Å².